The number of carboxylic acids is 1. The molecule has 0 radical (unpaired) electrons. The maximum atomic E-state index is 10.5. The Kier molecular flexibility index (Phi) is 3.10. The molecule has 1 saturated heterocycles. The van der Waals surface area contributed by atoms with Gasteiger partial charge in [-0.3, -0.25) is 4.79 Å². The van der Waals surface area contributed by atoms with Gasteiger partial charge in [-0.05, 0) is 24.1 Å². The third-order valence-corrected chi connectivity index (χ3v) is 2.82. The Morgan fingerprint density at radius 1 is 1.38 bits per heavy atom. The number of hydrogen-bond donors (Lipinski definition) is 2. The van der Waals surface area contributed by atoms with E-state index in [1.165, 1.54) is 0 Å². The minimum absolute atomic E-state index is 0.0584. The van der Waals surface area contributed by atoms with Gasteiger partial charge in [0, 0.05) is 18.8 Å². The van der Waals surface area contributed by atoms with Crippen LogP contribution in [-0.2, 0) is 11.2 Å². The average Bonchev–Trinajstić information content (AvgIpc) is 2.65. The molecule has 1 aromatic rings. The van der Waals surface area contributed by atoms with Gasteiger partial charge in [0.05, 0.1) is 12.5 Å². The van der Waals surface area contributed by atoms with E-state index in [1.54, 1.807) is 0 Å². The lowest BCUT2D eigenvalue weighted by Crippen LogP contribution is -2.20. The maximum absolute atomic E-state index is 10.5. The highest BCUT2D eigenvalue weighted by molar-refractivity contribution is 5.70. The number of hydrogen-bond acceptors (Lipinski definition) is 3. The number of rotatable bonds is 3. The summed E-state index contributed by atoms with van der Waals surface area (Å²) in [5, 5.41) is 18.1. The Hall–Kier alpha value is -1.55. The van der Waals surface area contributed by atoms with Gasteiger partial charge in [-0.1, -0.05) is 12.1 Å². The molecule has 0 spiro atoms. The van der Waals surface area contributed by atoms with Gasteiger partial charge >= 0.3 is 5.97 Å². The molecule has 1 heterocycles. The Labute approximate surface area is 94.1 Å². The predicted octanol–water partition coefficient (Wildman–Crippen LogP) is 0.885. The molecule has 1 fully saturated rings. The van der Waals surface area contributed by atoms with Crippen molar-refractivity contribution in [3.05, 3.63) is 29.8 Å². The Morgan fingerprint density at radius 2 is 2.06 bits per heavy atom. The first-order valence-electron chi connectivity index (χ1n) is 5.39. The van der Waals surface area contributed by atoms with Gasteiger partial charge in [0.2, 0.25) is 0 Å². The standard InChI is InChI=1S/C12H15NO3/c14-11-5-6-13(8-11)10-3-1-9(2-4-10)7-12(15)16/h1-4,11,14H,5-8H2,(H,15,16). The average molecular weight is 221 g/mol. The highest BCUT2D eigenvalue weighted by Crippen LogP contribution is 2.20. The number of β-amino-alcohol motifs (C(OH)–C–C–N with tert-alkyl or cyclic N) is 1. The van der Waals surface area contributed by atoms with Gasteiger partial charge < -0.3 is 15.1 Å². The Balaban J connectivity index is 2.04. The molecular formula is C12H15NO3. The number of aliphatic hydroxyl groups is 1. The zero-order valence-electron chi connectivity index (χ0n) is 8.97. The molecule has 1 aliphatic rings. The van der Waals surface area contributed by atoms with Gasteiger partial charge in [-0.2, -0.15) is 0 Å². The number of aliphatic hydroxyl groups excluding tert-OH is 1. The van der Waals surface area contributed by atoms with Crippen LogP contribution in [0.3, 0.4) is 0 Å². The number of carboxylic acid groups (broad SMARTS) is 1. The van der Waals surface area contributed by atoms with Crippen LogP contribution < -0.4 is 4.90 Å². The maximum Gasteiger partial charge on any atom is 0.307 e. The van der Waals surface area contributed by atoms with Crippen LogP contribution in [-0.4, -0.2) is 35.4 Å². The smallest absolute Gasteiger partial charge is 0.307 e. The molecule has 16 heavy (non-hydrogen) atoms. The van der Waals surface area contributed by atoms with Crippen molar-refractivity contribution in [2.75, 3.05) is 18.0 Å². The molecule has 0 bridgehead atoms. The molecule has 0 aliphatic carbocycles. The number of benzene rings is 1. The van der Waals surface area contributed by atoms with E-state index in [0.29, 0.717) is 6.54 Å². The lowest BCUT2D eigenvalue weighted by atomic mass is 10.1. The van der Waals surface area contributed by atoms with Gasteiger partial charge in [0.1, 0.15) is 0 Å². The first-order chi connectivity index (χ1) is 7.65. The number of nitrogens with zero attached hydrogens (tertiary/aromatic N) is 1. The van der Waals surface area contributed by atoms with E-state index in [-0.39, 0.29) is 12.5 Å². The molecule has 2 rings (SSSR count). The predicted molar refractivity (Wildman–Crippen MR) is 60.6 cm³/mol. The van der Waals surface area contributed by atoms with Gasteiger partial charge in [0.25, 0.3) is 0 Å². The number of aliphatic carboxylic acids is 1. The number of carbonyl (C=O) groups is 1. The SMILES string of the molecule is O=C(O)Cc1ccc(N2CCC(O)C2)cc1. The van der Waals surface area contributed by atoms with E-state index in [0.717, 1.165) is 24.2 Å². The van der Waals surface area contributed by atoms with Gasteiger partial charge in [-0.25, -0.2) is 0 Å². The summed E-state index contributed by atoms with van der Waals surface area (Å²) < 4.78 is 0. The van der Waals surface area contributed by atoms with Gasteiger partial charge in [-0.15, -0.1) is 0 Å². The summed E-state index contributed by atoms with van der Waals surface area (Å²) in [4.78, 5) is 12.6. The van der Waals surface area contributed by atoms with E-state index >= 15 is 0 Å². The van der Waals surface area contributed by atoms with Crippen LogP contribution in [0.5, 0.6) is 0 Å². The van der Waals surface area contributed by atoms with Crippen LogP contribution in [0.25, 0.3) is 0 Å². The highest BCUT2D eigenvalue weighted by atomic mass is 16.4. The normalized spacial score (nSPS) is 20.1. The van der Waals surface area contributed by atoms with E-state index in [9.17, 15) is 9.90 Å². The number of anilines is 1. The minimum atomic E-state index is -0.815. The molecule has 4 nitrogen and oxygen atoms in total. The van der Waals surface area contributed by atoms with Crippen molar-refractivity contribution in [1.82, 2.24) is 0 Å². The largest absolute Gasteiger partial charge is 0.481 e. The van der Waals surface area contributed by atoms with Crippen LogP contribution >= 0.6 is 0 Å². The summed E-state index contributed by atoms with van der Waals surface area (Å²) in [6.45, 7) is 1.53. The summed E-state index contributed by atoms with van der Waals surface area (Å²) >= 11 is 0. The first kappa shape index (κ1) is 11.0. The summed E-state index contributed by atoms with van der Waals surface area (Å²) in [5.74, 6) is -0.815. The molecule has 0 amide bonds. The molecule has 0 aromatic heterocycles. The quantitative estimate of drug-likeness (QED) is 0.795. The van der Waals surface area contributed by atoms with Crippen molar-refractivity contribution in [2.24, 2.45) is 0 Å². The zero-order chi connectivity index (χ0) is 11.5. The molecular weight excluding hydrogens is 206 g/mol. The van der Waals surface area contributed by atoms with Crippen LogP contribution in [0, 0.1) is 0 Å². The Morgan fingerprint density at radius 3 is 2.56 bits per heavy atom. The third-order valence-electron chi connectivity index (χ3n) is 2.82. The molecule has 1 aromatic carbocycles. The summed E-state index contributed by atoms with van der Waals surface area (Å²) in [6, 6.07) is 7.48. The van der Waals surface area contributed by atoms with Crippen molar-refractivity contribution in [2.45, 2.75) is 18.9 Å². The van der Waals surface area contributed by atoms with E-state index in [1.807, 2.05) is 24.3 Å². The Bertz CT molecular complexity index is 374. The van der Waals surface area contributed by atoms with Crippen molar-refractivity contribution >= 4 is 11.7 Å². The van der Waals surface area contributed by atoms with E-state index in [4.69, 9.17) is 5.11 Å². The molecule has 1 unspecified atom stereocenters. The first-order valence-corrected chi connectivity index (χ1v) is 5.39. The minimum Gasteiger partial charge on any atom is -0.481 e. The van der Waals surface area contributed by atoms with Crippen LogP contribution in [0.4, 0.5) is 5.69 Å². The van der Waals surface area contributed by atoms with Crippen molar-refractivity contribution < 1.29 is 15.0 Å². The lowest BCUT2D eigenvalue weighted by Gasteiger charge is -2.17. The molecule has 1 atom stereocenters. The fourth-order valence-corrected chi connectivity index (χ4v) is 1.98. The van der Waals surface area contributed by atoms with Gasteiger partial charge in [0.15, 0.2) is 0 Å². The monoisotopic (exact) mass is 221 g/mol. The summed E-state index contributed by atoms with van der Waals surface area (Å²) in [6.07, 6.45) is 0.624. The molecule has 4 heteroatoms. The van der Waals surface area contributed by atoms with Crippen molar-refractivity contribution in [3.8, 4) is 0 Å². The second kappa shape index (κ2) is 4.53. The second-order valence-corrected chi connectivity index (χ2v) is 4.13. The van der Waals surface area contributed by atoms with E-state index in [2.05, 4.69) is 4.90 Å². The second-order valence-electron chi connectivity index (χ2n) is 4.13. The third kappa shape index (κ3) is 2.52. The molecule has 0 saturated carbocycles. The lowest BCUT2D eigenvalue weighted by molar-refractivity contribution is -0.136. The van der Waals surface area contributed by atoms with E-state index < -0.39 is 5.97 Å². The molecule has 86 valence electrons. The van der Waals surface area contributed by atoms with Crippen LogP contribution in [0.15, 0.2) is 24.3 Å². The van der Waals surface area contributed by atoms with Crippen LogP contribution in [0.1, 0.15) is 12.0 Å². The molecule has 2 N–H and O–H groups in total. The van der Waals surface area contributed by atoms with Crippen molar-refractivity contribution in [1.29, 1.82) is 0 Å². The summed E-state index contributed by atoms with van der Waals surface area (Å²) in [5.41, 5.74) is 1.85. The molecule has 1 aliphatic heterocycles. The topological polar surface area (TPSA) is 60.8 Å². The fraction of sp³-hybridized carbons (Fsp3) is 0.417. The highest BCUT2D eigenvalue weighted by Gasteiger charge is 2.20. The summed E-state index contributed by atoms with van der Waals surface area (Å²) in [7, 11) is 0. The van der Waals surface area contributed by atoms with Crippen LogP contribution in [0.2, 0.25) is 0 Å². The fourth-order valence-electron chi connectivity index (χ4n) is 1.98. The zero-order valence-corrected chi connectivity index (χ0v) is 8.97. The van der Waals surface area contributed by atoms with Crippen molar-refractivity contribution in [3.63, 3.8) is 0 Å².